The van der Waals surface area contributed by atoms with Crippen LogP contribution in [0.5, 0.6) is 0 Å². The number of ketones is 1. The minimum absolute atomic E-state index is 0.0719. The molecular formula is C22H36O3. The Kier molecular flexibility index (Phi) is 9.34. The predicted octanol–water partition coefficient (Wildman–Crippen LogP) is 5.17. The van der Waals surface area contributed by atoms with E-state index in [1.807, 2.05) is 6.08 Å². The Labute approximate surface area is 153 Å². The number of hydrogen-bond acceptors (Lipinski definition) is 3. The molecule has 1 N–H and O–H groups in total. The predicted molar refractivity (Wildman–Crippen MR) is 103 cm³/mol. The second-order valence-electron chi connectivity index (χ2n) is 7.96. The van der Waals surface area contributed by atoms with Crippen LogP contribution in [0.4, 0.5) is 0 Å². The van der Waals surface area contributed by atoms with E-state index in [0.717, 1.165) is 51.2 Å². The van der Waals surface area contributed by atoms with Crippen LogP contribution in [-0.4, -0.2) is 23.3 Å². The summed E-state index contributed by atoms with van der Waals surface area (Å²) < 4.78 is 0. The Balaban J connectivity index is 2.68. The van der Waals surface area contributed by atoms with Crippen LogP contribution >= 0.6 is 0 Å². The number of hydrogen-bond donors (Lipinski definition) is 1. The van der Waals surface area contributed by atoms with Crippen LogP contribution in [0.1, 0.15) is 85.5 Å². The van der Waals surface area contributed by atoms with Gasteiger partial charge >= 0.3 is 0 Å². The van der Waals surface area contributed by atoms with Crippen molar-refractivity contribution in [2.45, 2.75) is 91.6 Å². The lowest BCUT2D eigenvalue weighted by Crippen LogP contribution is -2.49. The molecule has 0 aromatic heterocycles. The van der Waals surface area contributed by atoms with Gasteiger partial charge in [-0.15, -0.1) is 0 Å². The van der Waals surface area contributed by atoms with E-state index in [9.17, 15) is 14.7 Å². The number of aldehydes is 1. The Morgan fingerprint density at radius 1 is 1.24 bits per heavy atom. The molecule has 0 aromatic rings. The quantitative estimate of drug-likeness (QED) is 0.336. The first-order valence-corrected chi connectivity index (χ1v) is 9.83. The molecular weight excluding hydrogens is 312 g/mol. The van der Waals surface area contributed by atoms with Gasteiger partial charge in [0.15, 0.2) is 5.78 Å². The van der Waals surface area contributed by atoms with Gasteiger partial charge in [0.25, 0.3) is 0 Å². The first kappa shape index (κ1) is 21.8. The molecule has 3 heteroatoms. The lowest BCUT2D eigenvalue weighted by atomic mass is 9.65. The SMILES string of the molecule is CCCCCC1CCC(C=O)(C/C=C(\C)CCC=C(C)C)C(O)C1=O. The summed E-state index contributed by atoms with van der Waals surface area (Å²) in [6, 6.07) is 0. The van der Waals surface area contributed by atoms with Gasteiger partial charge in [0.1, 0.15) is 12.4 Å². The van der Waals surface area contributed by atoms with Gasteiger partial charge in [-0.1, -0.05) is 49.5 Å². The van der Waals surface area contributed by atoms with Crippen molar-refractivity contribution in [3.63, 3.8) is 0 Å². The maximum atomic E-state index is 12.5. The lowest BCUT2D eigenvalue weighted by molar-refractivity contribution is -0.149. The van der Waals surface area contributed by atoms with Crippen LogP contribution in [0.25, 0.3) is 0 Å². The van der Waals surface area contributed by atoms with Crippen LogP contribution in [0.2, 0.25) is 0 Å². The minimum Gasteiger partial charge on any atom is -0.384 e. The van der Waals surface area contributed by atoms with Crippen molar-refractivity contribution < 1.29 is 14.7 Å². The van der Waals surface area contributed by atoms with Crippen molar-refractivity contribution in [2.75, 3.05) is 0 Å². The lowest BCUT2D eigenvalue weighted by Gasteiger charge is -2.39. The number of rotatable bonds is 10. The highest BCUT2D eigenvalue weighted by atomic mass is 16.3. The van der Waals surface area contributed by atoms with Crippen LogP contribution < -0.4 is 0 Å². The van der Waals surface area contributed by atoms with Gasteiger partial charge in [-0.25, -0.2) is 0 Å². The Bertz CT molecular complexity index is 499. The number of aliphatic hydroxyl groups excluding tert-OH is 1. The maximum Gasteiger partial charge on any atom is 0.165 e. The molecule has 3 atom stereocenters. The van der Waals surface area contributed by atoms with Crippen molar-refractivity contribution >= 4 is 12.1 Å². The van der Waals surface area contributed by atoms with E-state index in [2.05, 4.69) is 33.8 Å². The van der Waals surface area contributed by atoms with Crippen molar-refractivity contribution in [2.24, 2.45) is 11.3 Å². The van der Waals surface area contributed by atoms with Crippen LogP contribution in [0.15, 0.2) is 23.3 Å². The fourth-order valence-electron chi connectivity index (χ4n) is 3.60. The summed E-state index contributed by atoms with van der Waals surface area (Å²) >= 11 is 0. The van der Waals surface area contributed by atoms with E-state index >= 15 is 0 Å². The third-order valence-corrected chi connectivity index (χ3v) is 5.49. The summed E-state index contributed by atoms with van der Waals surface area (Å²) in [7, 11) is 0. The zero-order valence-electron chi connectivity index (χ0n) is 16.5. The summed E-state index contributed by atoms with van der Waals surface area (Å²) in [5.74, 6) is -0.192. The highest BCUT2D eigenvalue weighted by Crippen LogP contribution is 2.40. The van der Waals surface area contributed by atoms with Gasteiger partial charge in [-0.3, -0.25) is 4.79 Å². The highest BCUT2D eigenvalue weighted by molar-refractivity contribution is 5.90. The van der Waals surface area contributed by atoms with Gasteiger partial charge in [-0.05, 0) is 59.3 Å². The molecule has 1 aliphatic carbocycles. The molecule has 0 amide bonds. The average molecular weight is 349 g/mol. The van der Waals surface area contributed by atoms with E-state index in [-0.39, 0.29) is 11.7 Å². The fourth-order valence-corrected chi connectivity index (χ4v) is 3.60. The molecule has 0 saturated heterocycles. The Hall–Kier alpha value is -1.22. The first-order chi connectivity index (χ1) is 11.9. The van der Waals surface area contributed by atoms with Gasteiger partial charge in [0, 0.05) is 5.92 Å². The van der Waals surface area contributed by atoms with E-state index in [4.69, 9.17) is 0 Å². The molecule has 3 nitrogen and oxygen atoms in total. The second kappa shape index (κ2) is 10.7. The summed E-state index contributed by atoms with van der Waals surface area (Å²) in [4.78, 5) is 24.3. The number of carbonyl (C=O) groups excluding carboxylic acids is 2. The molecule has 0 aromatic carbocycles. The third-order valence-electron chi connectivity index (χ3n) is 5.49. The molecule has 25 heavy (non-hydrogen) atoms. The summed E-state index contributed by atoms with van der Waals surface area (Å²) in [6.07, 6.45) is 11.8. The Morgan fingerprint density at radius 2 is 1.96 bits per heavy atom. The van der Waals surface area contributed by atoms with Gasteiger partial charge in [0.05, 0.1) is 5.41 Å². The van der Waals surface area contributed by atoms with Crippen molar-refractivity contribution in [3.05, 3.63) is 23.3 Å². The van der Waals surface area contributed by atoms with Crippen molar-refractivity contribution in [3.8, 4) is 0 Å². The largest absolute Gasteiger partial charge is 0.384 e. The van der Waals surface area contributed by atoms with Crippen LogP contribution in [-0.2, 0) is 9.59 Å². The number of unbranched alkanes of at least 4 members (excludes halogenated alkanes) is 2. The highest BCUT2D eigenvalue weighted by Gasteiger charge is 2.47. The second-order valence-corrected chi connectivity index (χ2v) is 7.96. The minimum atomic E-state index is -1.15. The van der Waals surface area contributed by atoms with Crippen LogP contribution in [0.3, 0.4) is 0 Å². The molecule has 142 valence electrons. The zero-order chi connectivity index (χ0) is 18.9. The van der Waals surface area contributed by atoms with Crippen molar-refractivity contribution in [1.29, 1.82) is 0 Å². The molecule has 0 heterocycles. The third kappa shape index (κ3) is 6.54. The Morgan fingerprint density at radius 3 is 2.56 bits per heavy atom. The van der Waals surface area contributed by atoms with E-state index in [1.165, 1.54) is 11.1 Å². The van der Waals surface area contributed by atoms with E-state index < -0.39 is 11.5 Å². The fraction of sp³-hybridized carbons (Fsp3) is 0.727. The van der Waals surface area contributed by atoms with Crippen molar-refractivity contribution in [1.82, 2.24) is 0 Å². The monoisotopic (exact) mass is 348 g/mol. The molecule has 0 aliphatic heterocycles. The van der Waals surface area contributed by atoms with Crippen LogP contribution in [0, 0.1) is 11.3 Å². The van der Waals surface area contributed by atoms with Gasteiger partial charge in [0.2, 0.25) is 0 Å². The molecule has 0 radical (unpaired) electrons. The number of Topliss-reactive ketones (excluding diaryl/α,β-unsaturated/α-hetero) is 1. The molecule has 0 spiro atoms. The maximum absolute atomic E-state index is 12.5. The van der Waals surface area contributed by atoms with Gasteiger partial charge < -0.3 is 9.90 Å². The van der Waals surface area contributed by atoms with Gasteiger partial charge in [-0.2, -0.15) is 0 Å². The number of carbonyl (C=O) groups is 2. The normalized spacial score (nSPS) is 27.2. The zero-order valence-corrected chi connectivity index (χ0v) is 16.5. The number of aliphatic hydroxyl groups is 1. The van der Waals surface area contributed by atoms with E-state index in [1.54, 1.807) is 0 Å². The molecule has 1 fully saturated rings. The molecule has 0 bridgehead atoms. The average Bonchev–Trinajstić information content (AvgIpc) is 2.58. The molecule has 1 saturated carbocycles. The van der Waals surface area contributed by atoms with E-state index in [0.29, 0.717) is 12.8 Å². The smallest absolute Gasteiger partial charge is 0.165 e. The standard InChI is InChI=1S/C22H36O3/c1-5-6-7-11-19-13-15-22(16-23,21(25)20(19)24)14-12-18(4)10-8-9-17(2)3/h9,12,16,19,21,25H,5-8,10-11,13-15H2,1-4H3/b18-12+. The first-order valence-electron chi connectivity index (χ1n) is 9.83. The summed E-state index contributed by atoms with van der Waals surface area (Å²) in [5.41, 5.74) is 1.60. The summed E-state index contributed by atoms with van der Waals surface area (Å²) in [5, 5.41) is 10.6. The summed E-state index contributed by atoms with van der Waals surface area (Å²) in [6.45, 7) is 8.37. The number of allylic oxidation sites excluding steroid dienone is 4. The molecule has 1 rings (SSSR count). The molecule has 1 aliphatic rings. The molecule has 3 unspecified atom stereocenters. The topological polar surface area (TPSA) is 54.4 Å².